The third-order valence-corrected chi connectivity index (χ3v) is 2.15. The molecule has 2 rings (SSSR count). The van der Waals surface area contributed by atoms with Crippen LogP contribution in [0.15, 0.2) is 0 Å². The predicted molar refractivity (Wildman–Crippen MR) is 50.0 cm³/mol. The summed E-state index contributed by atoms with van der Waals surface area (Å²) < 4.78 is 0. The highest BCUT2D eigenvalue weighted by molar-refractivity contribution is 5.75. The smallest absolute Gasteiger partial charge is 0.145 e. The molecule has 0 amide bonds. The van der Waals surface area contributed by atoms with Crippen LogP contribution in [0, 0.1) is 11.3 Å². The lowest BCUT2D eigenvalue weighted by Crippen LogP contribution is -2.04. The lowest BCUT2D eigenvalue weighted by atomic mass is 10.1. The molecule has 66 valence electrons. The van der Waals surface area contributed by atoms with E-state index in [0.29, 0.717) is 17.1 Å². The van der Waals surface area contributed by atoms with Crippen LogP contribution in [0.25, 0.3) is 0 Å². The maximum atomic E-state index is 8.76. The average molecular weight is 175 g/mol. The Balaban J connectivity index is 2.71. The maximum Gasteiger partial charge on any atom is 0.145 e. The van der Waals surface area contributed by atoms with Crippen molar-refractivity contribution in [2.75, 3.05) is 23.3 Å². The van der Waals surface area contributed by atoms with Crippen molar-refractivity contribution < 1.29 is 0 Å². The Morgan fingerprint density at radius 1 is 1.46 bits per heavy atom. The Hall–Kier alpha value is -1.96. The minimum absolute atomic E-state index is 0.202. The summed E-state index contributed by atoms with van der Waals surface area (Å²) in [4.78, 5) is 4.05. The molecule has 0 aliphatic carbocycles. The molecule has 0 saturated heterocycles. The van der Waals surface area contributed by atoms with Crippen LogP contribution in [0.4, 0.5) is 17.3 Å². The number of nitrogens with two attached hydrogens (primary N) is 2. The molecular weight excluding hydrogens is 166 g/mol. The monoisotopic (exact) mass is 175 g/mol. The standard InChI is InChI=1S/C8H9N5/c9-3-5-6(10)4-1-2-12-8(4)13-7(5)11/h1-2H2,(H5,10,11,12,13). The van der Waals surface area contributed by atoms with Gasteiger partial charge >= 0.3 is 0 Å². The Labute approximate surface area is 75.4 Å². The van der Waals surface area contributed by atoms with Gasteiger partial charge in [-0.25, -0.2) is 4.98 Å². The molecule has 1 aromatic heterocycles. The molecule has 5 N–H and O–H groups in total. The normalized spacial score (nSPS) is 13.2. The molecule has 0 atom stereocenters. The summed E-state index contributed by atoms with van der Waals surface area (Å²) in [6, 6.07) is 1.95. The zero-order valence-electron chi connectivity index (χ0n) is 6.96. The quantitative estimate of drug-likeness (QED) is 0.518. The van der Waals surface area contributed by atoms with Crippen molar-refractivity contribution in [2.45, 2.75) is 6.42 Å². The van der Waals surface area contributed by atoms with Crippen LogP contribution >= 0.6 is 0 Å². The molecular formula is C8H9N5. The first-order chi connectivity index (χ1) is 6.24. The van der Waals surface area contributed by atoms with E-state index in [9.17, 15) is 0 Å². The average Bonchev–Trinajstić information content (AvgIpc) is 2.53. The van der Waals surface area contributed by atoms with Gasteiger partial charge in [-0.1, -0.05) is 0 Å². The van der Waals surface area contributed by atoms with E-state index in [1.165, 1.54) is 0 Å². The summed E-state index contributed by atoms with van der Waals surface area (Å²) in [5.41, 5.74) is 13.0. The number of aromatic nitrogens is 1. The summed E-state index contributed by atoms with van der Waals surface area (Å²) >= 11 is 0. The van der Waals surface area contributed by atoms with Gasteiger partial charge in [0.15, 0.2) is 0 Å². The van der Waals surface area contributed by atoms with Gasteiger partial charge in [-0.2, -0.15) is 5.26 Å². The van der Waals surface area contributed by atoms with Gasteiger partial charge < -0.3 is 16.8 Å². The molecule has 0 unspecified atom stereocenters. The fourth-order valence-corrected chi connectivity index (χ4v) is 1.48. The zero-order chi connectivity index (χ0) is 9.42. The highest BCUT2D eigenvalue weighted by Gasteiger charge is 2.19. The van der Waals surface area contributed by atoms with E-state index in [1.54, 1.807) is 0 Å². The number of nitriles is 1. The number of nitrogens with one attached hydrogen (secondary N) is 1. The molecule has 0 spiro atoms. The number of nitrogen functional groups attached to an aromatic ring is 2. The second-order valence-electron chi connectivity index (χ2n) is 2.90. The van der Waals surface area contributed by atoms with Crippen LogP contribution in [0.5, 0.6) is 0 Å². The van der Waals surface area contributed by atoms with Crippen LogP contribution in [-0.2, 0) is 6.42 Å². The molecule has 5 heteroatoms. The largest absolute Gasteiger partial charge is 0.397 e. The number of nitrogens with zero attached hydrogens (tertiary/aromatic N) is 2. The van der Waals surface area contributed by atoms with Crippen molar-refractivity contribution in [2.24, 2.45) is 0 Å². The van der Waals surface area contributed by atoms with E-state index in [-0.39, 0.29) is 5.82 Å². The molecule has 1 aromatic rings. The van der Waals surface area contributed by atoms with E-state index in [4.69, 9.17) is 16.7 Å². The molecule has 0 saturated carbocycles. The highest BCUT2D eigenvalue weighted by atomic mass is 15.0. The van der Waals surface area contributed by atoms with Gasteiger partial charge in [-0.3, -0.25) is 0 Å². The minimum atomic E-state index is 0.202. The van der Waals surface area contributed by atoms with E-state index in [2.05, 4.69) is 10.3 Å². The van der Waals surface area contributed by atoms with Gasteiger partial charge in [0.1, 0.15) is 23.3 Å². The van der Waals surface area contributed by atoms with Crippen molar-refractivity contribution in [3.05, 3.63) is 11.1 Å². The summed E-state index contributed by atoms with van der Waals surface area (Å²) in [5.74, 6) is 0.919. The Morgan fingerprint density at radius 2 is 2.23 bits per heavy atom. The molecule has 0 bridgehead atoms. The Kier molecular flexibility index (Phi) is 1.49. The third-order valence-electron chi connectivity index (χ3n) is 2.15. The van der Waals surface area contributed by atoms with Gasteiger partial charge in [0, 0.05) is 12.1 Å². The first-order valence-electron chi connectivity index (χ1n) is 3.96. The predicted octanol–water partition coefficient (Wildman–Crippen LogP) is 0.0857. The van der Waals surface area contributed by atoms with Gasteiger partial charge in [-0.05, 0) is 6.42 Å². The van der Waals surface area contributed by atoms with Crippen molar-refractivity contribution in [3.63, 3.8) is 0 Å². The Morgan fingerprint density at radius 3 is 2.92 bits per heavy atom. The number of pyridine rings is 1. The molecule has 1 aliphatic heterocycles. The molecule has 13 heavy (non-hydrogen) atoms. The van der Waals surface area contributed by atoms with Crippen molar-refractivity contribution in [1.29, 1.82) is 5.26 Å². The molecule has 0 radical (unpaired) electrons. The van der Waals surface area contributed by atoms with E-state index in [0.717, 1.165) is 18.5 Å². The number of rotatable bonds is 0. The lowest BCUT2D eigenvalue weighted by Gasteiger charge is -2.06. The molecule has 1 aliphatic rings. The lowest BCUT2D eigenvalue weighted by molar-refractivity contribution is 1.11. The van der Waals surface area contributed by atoms with E-state index in [1.807, 2.05) is 6.07 Å². The van der Waals surface area contributed by atoms with Gasteiger partial charge in [0.25, 0.3) is 0 Å². The van der Waals surface area contributed by atoms with Gasteiger partial charge in [0.05, 0.1) is 5.69 Å². The van der Waals surface area contributed by atoms with Crippen LogP contribution < -0.4 is 16.8 Å². The van der Waals surface area contributed by atoms with Gasteiger partial charge in [-0.15, -0.1) is 0 Å². The SMILES string of the molecule is N#Cc1c(N)nc2c(c1N)CCN2. The summed E-state index contributed by atoms with van der Waals surface area (Å²) in [5, 5.41) is 11.8. The minimum Gasteiger partial charge on any atom is -0.397 e. The molecule has 0 fully saturated rings. The number of hydrogen-bond donors (Lipinski definition) is 3. The second kappa shape index (κ2) is 2.52. The molecule has 5 nitrogen and oxygen atoms in total. The van der Waals surface area contributed by atoms with Crippen LogP contribution in [-0.4, -0.2) is 11.5 Å². The number of fused-ring (bicyclic) bond motifs is 1. The van der Waals surface area contributed by atoms with Crippen LogP contribution in [0.2, 0.25) is 0 Å². The molecule has 0 aromatic carbocycles. The fourth-order valence-electron chi connectivity index (χ4n) is 1.48. The van der Waals surface area contributed by atoms with E-state index >= 15 is 0 Å². The van der Waals surface area contributed by atoms with E-state index < -0.39 is 0 Å². The van der Waals surface area contributed by atoms with Crippen LogP contribution in [0.1, 0.15) is 11.1 Å². The number of anilines is 3. The van der Waals surface area contributed by atoms with Crippen molar-refractivity contribution in [3.8, 4) is 6.07 Å². The first-order valence-corrected chi connectivity index (χ1v) is 3.96. The maximum absolute atomic E-state index is 8.76. The van der Waals surface area contributed by atoms with Crippen molar-refractivity contribution in [1.82, 2.24) is 4.98 Å². The van der Waals surface area contributed by atoms with Gasteiger partial charge in [0.2, 0.25) is 0 Å². The topological polar surface area (TPSA) is 101 Å². The van der Waals surface area contributed by atoms with Crippen LogP contribution in [0.3, 0.4) is 0 Å². The third kappa shape index (κ3) is 0.957. The number of hydrogen-bond acceptors (Lipinski definition) is 5. The first kappa shape index (κ1) is 7.68. The Bertz CT molecular complexity index is 403. The van der Waals surface area contributed by atoms with Crippen molar-refractivity contribution >= 4 is 17.3 Å². The summed E-state index contributed by atoms with van der Waals surface area (Å²) in [6.45, 7) is 0.806. The zero-order valence-corrected chi connectivity index (χ0v) is 6.96. The summed E-state index contributed by atoms with van der Waals surface area (Å²) in [7, 11) is 0. The highest BCUT2D eigenvalue weighted by Crippen LogP contribution is 2.30. The molecule has 2 heterocycles. The second-order valence-corrected chi connectivity index (χ2v) is 2.90. The summed E-state index contributed by atoms with van der Waals surface area (Å²) in [6.07, 6.45) is 0.809. The fraction of sp³-hybridized carbons (Fsp3) is 0.250.